The Morgan fingerprint density at radius 1 is 1.14 bits per heavy atom. The molecule has 14 heavy (non-hydrogen) atoms. The molecule has 2 rings (SSSR count). The molecule has 0 bridgehead atoms. The molecule has 2 aliphatic rings. The molecule has 0 N–H and O–H groups in total. The zero-order chi connectivity index (χ0) is 9.80. The molecule has 0 aromatic rings. The van der Waals surface area contributed by atoms with E-state index < -0.39 is 0 Å². The van der Waals surface area contributed by atoms with Crippen LogP contribution in [0.5, 0.6) is 0 Å². The van der Waals surface area contributed by atoms with Gasteiger partial charge in [0.25, 0.3) is 0 Å². The quantitative estimate of drug-likeness (QED) is 0.190. The number of hydrogen-bond donors (Lipinski definition) is 0. The van der Waals surface area contributed by atoms with Crippen LogP contribution in [0.4, 0.5) is 0 Å². The molecule has 0 radical (unpaired) electrons. The van der Waals surface area contributed by atoms with Gasteiger partial charge < -0.3 is 0 Å². The van der Waals surface area contributed by atoms with Crippen molar-refractivity contribution in [2.24, 2.45) is 5.11 Å². The van der Waals surface area contributed by atoms with Gasteiger partial charge in [-0.05, 0) is 25.7 Å². The normalized spacial score (nSPS) is 21.1. The van der Waals surface area contributed by atoms with Crippen molar-refractivity contribution >= 4 is 5.96 Å². The van der Waals surface area contributed by atoms with Crippen LogP contribution in [0.2, 0.25) is 0 Å². The smallest absolute Gasteiger partial charge is 0.256 e. The van der Waals surface area contributed by atoms with Crippen molar-refractivity contribution in [1.82, 2.24) is 4.90 Å². The van der Waals surface area contributed by atoms with Gasteiger partial charge in [-0.2, -0.15) is 0 Å². The summed E-state index contributed by atoms with van der Waals surface area (Å²) in [7, 11) is 0. The van der Waals surface area contributed by atoms with Gasteiger partial charge in [0, 0.05) is 5.53 Å². The van der Waals surface area contributed by atoms with Gasteiger partial charge >= 0.3 is 11.1 Å². The second-order valence-electron chi connectivity index (χ2n) is 3.88. The van der Waals surface area contributed by atoms with Gasteiger partial charge in [0.2, 0.25) is 4.91 Å². The zero-order valence-electron chi connectivity index (χ0n) is 8.39. The minimum Gasteiger partial charge on any atom is -0.256 e. The van der Waals surface area contributed by atoms with Crippen molar-refractivity contribution < 1.29 is 4.58 Å². The fourth-order valence-corrected chi connectivity index (χ4v) is 2.20. The summed E-state index contributed by atoms with van der Waals surface area (Å²) < 4.78 is 2.21. The first-order valence-electron chi connectivity index (χ1n) is 5.34. The summed E-state index contributed by atoms with van der Waals surface area (Å²) in [5.74, 6) is 0.863. The first-order valence-corrected chi connectivity index (χ1v) is 5.34. The van der Waals surface area contributed by atoms with E-state index in [-0.39, 0.29) is 0 Å². The van der Waals surface area contributed by atoms with Crippen LogP contribution >= 0.6 is 0 Å². The molecule has 0 unspecified atom stereocenters. The first-order chi connectivity index (χ1) is 6.92. The van der Waals surface area contributed by atoms with Crippen LogP contribution in [-0.4, -0.2) is 41.6 Å². The average Bonchev–Trinajstić information content (AvgIpc) is 2.87. The lowest BCUT2D eigenvalue weighted by Gasteiger charge is -2.07. The molecule has 2 heterocycles. The maximum absolute atomic E-state index is 8.54. The Balaban J connectivity index is 2.21. The topological polar surface area (TPSA) is 55.0 Å². The highest BCUT2D eigenvalue weighted by Gasteiger charge is 2.31. The third-order valence-electron chi connectivity index (χ3n) is 2.91. The summed E-state index contributed by atoms with van der Waals surface area (Å²) in [4.78, 5) is 5.14. The van der Waals surface area contributed by atoms with E-state index in [1.807, 2.05) is 0 Å². The molecule has 0 saturated carbocycles. The minimum absolute atomic E-state index is 0.863. The first kappa shape index (κ1) is 9.34. The van der Waals surface area contributed by atoms with E-state index in [2.05, 4.69) is 19.5 Å². The van der Waals surface area contributed by atoms with E-state index >= 15 is 0 Å². The van der Waals surface area contributed by atoms with Crippen molar-refractivity contribution in [1.29, 1.82) is 0 Å². The van der Waals surface area contributed by atoms with E-state index in [4.69, 9.17) is 5.53 Å². The largest absolute Gasteiger partial charge is 0.476 e. The molecule has 5 nitrogen and oxygen atoms in total. The van der Waals surface area contributed by atoms with Gasteiger partial charge in [0.05, 0.1) is 26.2 Å². The second kappa shape index (κ2) is 4.33. The van der Waals surface area contributed by atoms with Gasteiger partial charge in [0.1, 0.15) is 0 Å². The summed E-state index contributed by atoms with van der Waals surface area (Å²) in [6.45, 7) is 4.19. The molecule has 0 aliphatic carbocycles. The van der Waals surface area contributed by atoms with Crippen LogP contribution in [0.25, 0.3) is 10.4 Å². The summed E-state index contributed by atoms with van der Waals surface area (Å²) in [6.07, 6.45) is 4.88. The molecule has 0 aromatic carbocycles. The van der Waals surface area contributed by atoms with Crippen LogP contribution in [0.1, 0.15) is 25.7 Å². The molecule has 0 atom stereocenters. The maximum atomic E-state index is 8.54. The van der Waals surface area contributed by atoms with E-state index in [1.54, 1.807) is 0 Å². The Morgan fingerprint density at radius 2 is 1.79 bits per heavy atom. The van der Waals surface area contributed by atoms with E-state index in [0.29, 0.717) is 0 Å². The van der Waals surface area contributed by atoms with Gasteiger partial charge in [-0.3, -0.25) is 9.48 Å². The van der Waals surface area contributed by atoms with Crippen LogP contribution in [0, 0.1) is 0 Å². The van der Waals surface area contributed by atoms with E-state index in [0.717, 1.165) is 32.1 Å². The fraction of sp³-hybridized carbons (Fsp3) is 0.889. The molecule has 2 aliphatic heterocycles. The van der Waals surface area contributed by atoms with Crippen molar-refractivity contribution in [2.45, 2.75) is 25.7 Å². The van der Waals surface area contributed by atoms with Gasteiger partial charge in [-0.25, -0.2) is 0 Å². The average molecular weight is 194 g/mol. The zero-order valence-corrected chi connectivity index (χ0v) is 8.39. The van der Waals surface area contributed by atoms with Crippen LogP contribution in [0.3, 0.4) is 0 Å². The van der Waals surface area contributed by atoms with E-state index in [9.17, 15) is 0 Å². The monoisotopic (exact) mass is 194 g/mol. The van der Waals surface area contributed by atoms with Crippen molar-refractivity contribution in [3.63, 3.8) is 0 Å². The molecule has 0 spiro atoms. The third kappa shape index (κ3) is 1.82. The van der Waals surface area contributed by atoms with Crippen molar-refractivity contribution in [3.05, 3.63) is 10.4 Å². The number of likely N-dealkylation sites (tertiary alicyclic amines) is 1. The van der Waals surface area contributed by atoms with Crippen molar-refractivity contribution in [3.8, 4) is 0 Å². The Hall–Kier alpha value is -1.22. The Bertz CT molecular complexity index is 276. The number of nitrogens with zero attached hydrogens (tertiary/aromatic N) is 5. The highest BCUT2D eigenvalue weighted by Crippen LogP contribution is 2.11. The molecule has 0 amide bonds. The molecule has 2 fully saturated rings. The summed E-state index contributed by atoms with van der Waals surface area (Å²) in [5.41, 5.74) is 8.54. The predicted molar refractivity (Wildman–Crippen MR) is 54.2 cm³/mol. The Labute approximate surface area is 83.6 Å². The molecule has 76 valence electrons. The number of azide groups is 1. The standard InChI is InChI=1S/C9H16N5/c10-12-11-9(13-5-1-2-6-13)14-7-3-4-8-14/h1-8H2/q+1. The summed E-state index contributed by atoms with van der Waals surface area (Å²) in [6, 6.07) is 0. The summed E-state index contributed by atoms with van der Waals surface area (Å²) in [5, 5.41) is 3.84. The molecular weight excluding hydrogens is 178 g/mol. The second-order valence-corrected chi connectivity index (χ2v) is 3.88. The SMILES string of the molecule is [N-]=[N+]=NC(N1CCCC1)=[N+]1CCCC1. The number of hydrogen-bond acceptors (Lipinski definition) is 0. The van der Waals surface area contributed by atoms with Crippen LogP contribution < -0.4 is 0 Å². The molecule has 2 saturated heterocycles. The third-order valence-corrected chi connectivity index (χ3v) is 2.91. The number of rotatable bonds is 0. The maximum Gasteiger partial charge on any atom is 0.476 e. The lowest BCUT2D eigenvalue weighted by Crippen LogP contribution is -2.33. The van der Waals surface area contributed by atoms with E-state index in [1.165, 1.54) is 25.7 Å². The lowest BCUT2D eigenvalue weighted by atomic mass is 10.4. The minimum atomic E-state index is 0.863. The number of guanidine groups is 1. The van der Waals surface area contributed by atoms with Crippen molar-refractivity contribution in [2.75, 3.05) is 26.2 Å². The highest BCUT2D eigenvalue weighted by molar-refractivity contribution is 5.76. The predicted octanol–water partition coefficient (Wildman–Crippen LogP) is 1.55. The van der Waals surface area contributed by atoms with Crippen LogP contribution in [0.15, 0.2) is 5.11 Å². The Kier molecular flexibility index (Phi) is 2.89. The summed E-state index contributed by atoms with van der Waals surface area (Å²) >= 11 is 0. The molecule has 0 aromatic heterocycles. The molecular formula is C9H16N5+. The van der Waals surface area contributed by atoms with Gasteiger partial charge in [0.15, 0.2) is 0 Å². The van der Waals surface area contributed by atoms with Gasteiger partial charge in [-0.1, -0.05) is 0 Å². The lowest BCUT2D eigenvalue weighted by molar-refractivity contribution is -0.512. The Morgan fingerprint density at radius 3 is 2.36 bits per heavy atom. The fourth-order valence-electron chi connectivity index (χ4n) is 2.20. The van der Waals surface area contributed by atoms with Gasteiger partial charge in [-0.15, -0.1) is 0 Å². The molecule has 5 heteroatoms. The van der Waals surface area contributed by atoms with Crippen LogP contribution in [-0.2, 0) is 0 Å². The highest BCUT2D eigenvalue weighted by atomic mass is 15.4.